The SMILES string of the molecule is c1ccc(-c2nc(-c3nc(-c4nc(-c5ccccc5)c5c(c4-c4ccccc4)-c4cccc6cccc-5c46)nc(-c4nc(-c5ccccc5)c5c(c4-c4ccccc4)-c4cccc6cccc-5c46)n3)c(-c3ccccc3)c3c2-c2cccc4cccc-3c24)cc1. The van der Waals surface area contributed by atoms with E-state index in [1.807, 2.05) is 0 Å². The molecule has 0 N–H and O–H groups in total. The van der Waals surface area contributed by atoms with Gasteiger partial charge in [-0.25, -0.2) is 29.9 Å². The highest BCUT2D eigenvalue weighted by Gasteiger charge is 2.37. The second-order valence-corrected chi connectivity index (χ2v) is 23.4. The van der Waals surface area contributed by atoms with Gasteiger partial charge in [-0.15, -0.1) is 0 Å². The number of hydrogen-bond acceptors (Lipinski definition) is 6. The van der Waals surface area contributed by atoms with Crippen LogP contribution in [-0.4, -0.2) is 29.9 Å². The van der Waals surface area contributed by atoms with Crippen molar-refractivity contribution in [3.8, 4) is 168 Å². The molecule has 0 spiro atoms. The van der Waals surface area contributed by atoms with Gasteiger partial charge in [0.1, 0.15) is 17.1 Å². The molecule has 4 aromatic heterocycles. The van der Waals surface area contributed by atoms with Gasteiger partial charge >= 0.3 is 0 Å². The monoisotopic (exact) mass is 1140 g/mol. The van der Waals surface area contributed by atoms with Crippen molar-refractivity contribution in [3.05, 3.63) is 291 Å². The molecule has 0 fully saturated rings. The van der Waals surface area contributed by atoms with E-state index in [4.69, 9.17) is 29.9 Å². The molecular weight excluding hydrogens is 1090 g/mol. The maximum absolute atomic E-state index is 6.02. The van der Waals surface area contributed by atoms with E-state index < -0.39 is 0 Å². The zero-order valence-corrected chi connectivity index (χ0v) is 48.4. The maximum atomic E-state index is 6.02. The molecule has 0 aliphatic heterocycles. The highest BCUT2D eigenvalue weighted by Crippen LogP contribution is 2.60. The van der Waals surface area contributed by atoms with E-state index in [1.165, 1.54) is 16.2 Å². The van der Waals surface area contributed by atoms with Crippen LogP contribution in [0.3, 0.4) is 0 Å². The summed E-state index contributed by atoms with van der Waals surface area (Å²) in [4.78, 5) is 35.9. The van der Waals surface area contributed by atoms with Crippen molar-refractivity contribution in [1.29, 1.82) is 0 Å². The Hall–Kier alpha value is -12.1. The fraction of sp³-hybridized carbons (Fsp3) is 0. The standard InChI is InChI=1S/C84H48N6/c1-7-25-52(26-8-1)67-70-58-43-19-37-49-40-22-46-61(64(49)58)73(70)76(55-31-13-4-14-32-55)85-79(67)82-88-83(80-68(53-27-9-2-10-28-53)71-59-44-20-38-50-41-23-47-62(65(50)59)74(71)77(86-80)56-33-15-5-16-34-56)90-84(89-82)81-69(54-29-11-3-12-30-54)72-60-45-21-39-51-42-24-48-63(66(51)60)75(72)78(87-81)57-35-17-6-18-36-57/h1-48H. The Labute approximate surface area is 518 Å². The molecule has 4 heterocycles. The molecule has 6 nitrogen and oxygen atoms in total. The molecule has 90 heavy (non-hydrogen) atoms. The van der Waals surface area contributed by atoms with Crippen molar-refractivity contribution >= 4 is 32.3 Å². The third-order valence-electron chi connectivity index (χ3n) is 18.5. The molecule has 3 aliphatic rings. The van der Waals surface area contributed by atoms with Gasteiger partial charge in [-0.1, -0.05) is 291 Å². The van der Waals surface area contributed by atoms with Gasteiger partial charge in [-0.2, -0.15) is 0 Å². The van der Waals surface area contributed by atoms with E-state index in [0.717, 1.165) is 150 Å². The van der Waals surface area contributed by atoms with Crippen molar-refractivity contribution in [3.63, 3.8) is 0 Å². The predicted octanol–water partition coefficient (Wildman–Crippen LogP) is 21.5. The van der Waals surface area contributed by atoms with E-state index in [1.54, 1.807) is 0 Å². The molecule has 0 saturated carbocycles. The first-order chi connectivity index (χ1) is 44.7. The quantitative estimate of drug-likeness (QED) is 0.143. The lowest BCUT2D eigenvalue weighted by Gasteiger charge is -2.22. The summed E-state index contributed by atoms with van der Waals surface area (Å²) in [7, 11) is 0. The average molecular weight is 1140 g/mol. The van der Waals surface area contributed by atoms with Crippen molar-refractivity contribution < 1.29 is 0 Å². The van der Waals surface area contributed by atoms with Gasteiger partial charge < -0.3 is 0 Å². The lowest BCUT2D eigenvalue weighted by atomic mass is 9.88. The molecule has 0 saturated heterocycles. The van der Waals surface area contributed by atoms with Crippen molar-refractivity contribution in [1.82, 2.24) is 29.9 Å². The van der Waals surface area contributed by atoms with Gasteiger partial charge in [0, 0.05) is 66.8 Å². The summed E-state index contributed by atoms with van der Waals surface area (Å²) in [6.45, 7) is 0. The summed E-state index contributed by atoms with van der Waals surface area (Å²) in [5, 5.41) is 7.07. The third-order valence-corrected chi connectivity index (χ3v) is 18.5. The predicted molar refractivity (Wildman–Crippen MR) is 368 cm³/mol. The van der Waals surface area contributed by atoms with Gasteiger partial charge in [0.25, 0.3) is 0 Å². The first-order valence-electron chi connectivity index (χ1n) is 30.6. The number of pyridine rings is 3. The summed E-state index contributed by atoms with van der Waals surface area (Å²) >= 11 is 0. The molecule has 0 radical (unpaired) electrons. The molecule has 16 aromatic rings. The van der Waals surface area contributed by atoms with Crippen LogP contribution >= 0.6 is 0 Å². The number of aromatic nitrogens is 6. The number of nitrogens with zero attached hydrogens (tertiary/aromatic N) is 6. The second-order valence-electron chi connectivity index (χ2n) is 23.4. The molecule has 0 bridgehead atoms. The van der Waals surface area contributed by atoms with Crippen LogP contribution in [0.2, 0.25) is 0 Å². The Balaban J connectivity index is 1.01. The second kappa shape index (κ2) is 19.7. The fourth-order valence-corrected chi connectivity index (χ4v) is 14.9. The molecule has 12 aromatic carbocycles. The van der Waals surface area contributed by atoms with Gasteiger partial charge in [0.05, 0.1) is 17.1 Å². The van der Waals surface area contributed by atoms with E-state index in [0.29, 0.717) is 34.6 Å². The molecule has 0 atom stereocenters. The van der Waals surface area contributed by atoms with E-state index in [2.05, 4.69) is 291 Å². The summed E-state index contributed by atoms with van der Waals surface area (Å²) in [5.74, 6) is 1.16. The minimum absolute atomic E-state index is 0.387. The fourth-order valence-electron chi connectivity index (χ4n) is 14.9. The van der Waals surface area contributed by atoms with E-state index in [-0.39, 0.29) is 0 Å². The number of benzene rings is 12. The summed E-state index contributed by atoms with van der Waals surface area (Å²) in [6.07, 6.45) is 0. The van der Waals surface area contributed by atoms with Crippen LogP contribution in [0.4, 0.5) is 0 Å². The maximum Gasteiger partial charge on any atom is 0.183 e. The molecule has 0 amide bonds. The van der Waals surface area contributed by atoms with Gasteiger partial charge in [-0.3, -0.25) is 0 Å². The van der Waals surface area contributed by atoms with Crippen LogP contribution in [0.25, 0.3) is 201 Å². The Morgan fingerprint density at radius 1 is 0.144 bits per heavy atom. The van der Waals surface area contributed by atoms with Crippen molar-refractivity contribution in [2.45, 2.75) is 0 Å². The van der Waals surface area contributed by atoms with E-state index >= 15 is 0 Å². The Morgan fingerprint density at radius 3 is 0.589 bits per heavy atom. The number of fused-ring (bicyclic) bond motifs is 9. The molecule has 19 rings (SSSR count). The summed E-state index contributed by atoms with van der Waals surface area (Å²) in [5.41, 5.74) is 26.3. The van der Waals surface area contributed by atoms with Crippen LogP contribution in [-0.2, 0) is 0 Å². The van der Waals surface area contributed by atoms with Crippen molar-refractivity contribution in [2.24, 2.45) is 0 Å². The molecule has 6 heteroatoms. The van der Waals surface area contributed by atoms with Crippen molar-refractivity contribution in [2.75, 3.05) is 0 Å². The van der Waals surface area contributed by atoms with Crippen LogP contribution < -0.4 is 0 Å². The first kappa shape index (κ1) is 50.1. The normalized spacial score (nSPS) is 12.0. The number of rotatable bonds is 9. The molecular formula is C84H48N6. The largest absolute Gasteiger partial charge is 0.243 e. The molecule has 0 unspecified atom stereocenters. The average Bonchev–Trinajstić information content (AvgIpc) is 1.59. The van der Waals surface area contributed by atoms with Gasteiger partial charge in [0.2, 0.25) is 0 Å². The first-order valence-corrected chi connectivity index (χ1v) is 30.6. The minimum atomic E-state index is 0.387. The third kappa shape index (κ3) is 7.39. The van der Waals surface area contributed by atoms with Gasteiger partial charge in [-0.05, 0) is 82.4 Å². The van der Waals surface area contributed by atoms with Crippen LogP contribution in [0.15, 0.2) is 291 Å². The zero-order chi connectivity index (χ0) is 59.0. The lowest BCUT2D eigenvalue weighted by molar-refractivity contribution is 1.04. The molecule has 414 valence electrons. The van der Waals surface area contributed by atoms with Crippen LogP contribution in [0, 0.1) is 0 Å². The zero-order valence-electron chi connectivity index (χ0n) is 48.4. The van der Waals surface area contributed by atoms with Crippen LogP contribution in [0.5, 0.6) is 0 Å². The topological polar surface area (TPSA) is 77.3 Å². The van der Waals surface area contributed by atoms with E-state index in [9.17, 15) is 0 Å². The van der Waals surface area contributed by atoms with Gasteiger partial charge in [0.15, 0.2) is 17.5 Å². The highest BCUT2D eigenvalue weighted by atomic mass is 15.1. The summed E-state index contributed by atoms with van der Waals surface area (Å²) in [6, 6.07) is 104. The smallest absolute Gasteiger partial charge is 0.183 e. The number of hydrogen-bond donors (Lipinski definition) is 0. The summed E-state index contributed by atoms with van der Waals surface area (Å²) < 4.78 is 0. The molecule has 3 aliphatic carbocycles. The lowest BCUT2D eigenvalue weighted by Crippen LogP contribution is -2.08. The highest BCUT2D eigenvalue weighted by molar-refractivity contribution is 6.25. The Morgan fingerprint density at radius 2 is 0.356 bits per heavy atom. The Bertz CT molecular complexity index is 5090. The van der Waals surface area contributed by atoms with Crippen LogP contribution in [0.1, 0.15) is 0 Å². The Kier molecular flexibility index (Phi) is 11.0. The minimum Gasteiger partial charge on any atom is -0.243 e.